The first kappa shape index (κ1) is 10.5. The lowest BCUT2D eigenvalue weighted by Crippen LogP contribution is -1.88. The molecule has 0 aromatic carbocycles. The molecule has 0 saturated heterocycles. The molecule has 1 saturated carbocycles. The topological polar surface area (TPSA) is 17.1 Å². The Labute approximate surface area is 81.2 Å². The van der Waals surface area contributed by atoms with Gasteiger partial charge in [-0.05, 0) is 44.9 Å². The average Bonchev–Trinajstić information content (AvgIpc) is 2.86. The van der Waals surface area contributed by atoms with Gasteiger partial charge in [0, 0.05) is 6.42 Å². The standard InChI is InChI=1S/C12H20O/c1-11(13)7-5-3-2-4-6-8-12-9-10-12/h6,8,12H,2-5,7,9-10H2,1H3. The van der Waals surface area contributed by atoms with Crippen molar-refractivity contribution in [2.24, 2.45) is 5.92 Å². The van der Waals surface area contributed by atoms with Gasteiger partial charge < -0.3 is 4.79 Å². The summed E-state index contributed by atoms with van der Waals surface area (Å²) in [5, 5.41) is 0. The fourth-order valence-corrected chi connectivity index (χ4v) is 1.39. The van der Waals surface area contributed by atoms with Gasteiger partial charge in [-0.3, -0.25) is 0 Å². The van der Waals surface area contributed by atoms with Crippen LogP contribution in [0.5, 0.6) is 0 Å². The SMILES string of the molecule is CC(=O)CCCCCC=CC1CC1. The highest BCUT2D eigenvalue weighted by Gasteiger charge is 2.16. The molecule has 0 unspecified atom stereocenters. The van der Waals surface area contributed by atoms with Crippen LogP contribution in [0.4, 0.5) is 0 Å². The van der Waals surface area contributed by atoms with E-state index in [1.54, 1.807) is 6.92 Å². The second kappa shape index (κ2) is 5.95. The van der Waals surface area contributed by atoms with Gasteiger partial charge in [-0.2, -0.15) is 0 Å². The molecule has 0 radical (unpaired) electrons. The number of carbonyl (C=O) groups excluding carboxylic acids is 1. The van der Waals surface area contributed by atoms with E-state index in [9.17, 15) is 4.79 Å². The largest absolute Gasteiger partial charge is 0.300 e. The molecule has 0 spiro atoms. The first-order valence-electron chi connectivity index (χ1n) is 5.45. The van der Waals surface area contributed by atoms with E-state index in [1.807, 2.05) is 0 Å². The van der Waals surface area contributed by atoms with Gasteiger partial charge in [-0.25, -0.2) is 0 Å². The maximum absolute atomic E-state index is 10.6. The molecular formula is C12H20O. The third kappa shape index (κ3) is 6.56. The van der Waals surface area contributed by atoms with Gasteiger partial charge in [0.2, 0.25) is 0 Å². The number of unbranched alkanes of at least 4 members (excludes halogenated alkanes) is 3. The maximum Gasteiger partial charge on any atom is 0.129 e. The van der Waals surface area contributed by atoms with Gasteiger partial charge in [-0.1, -0.05) is 18.6 Å². The highest BCUT2D eigenvalue weighted by atomic mass is 16.1. The van der Waals surface area contributed by atoms with Crippen LogP contribution < -0.4 is 0 Å². The smallest absolute Gasteiger partial charge is 0.129 e. The van der Waals surface area contributed by atoms with Crippen molar-refractivity contribution in [3.8, 4) is 0 Å². The first-order chi connectivity index (χ1) is 6.29. The summed E-state index contributed by atoms with van der Waals surface area (Å²) >= 11 is 0. The van der Waals surface area contributed by atoms with Crippen molar-refractivity contribution >= 4 is 5.78 Å². The summed E-state index contributed by atoms with van der Waals surface area (Å²) in [6.07, 6.45) is 13.0. The van der Waals surface area contributed by atoms with Crippen LogP contribution in [0.3, 0.4) is 0 Å². The van der Waals surface area contributed by atoms with Crippen LogP contribution in [0.15, 0.2) is 12.2 Å². The van der Waals surface area contributed by atoms with Gasteiger partial charge in [0.15, 0.2) is 0 Å². The zero-order valence-corrected chi connectivity index (χ0v) is 8.59. The Morgan fingerprint density at radius 3 is 2.69 bits per heavy atom. The zero-order chi connectivity index (χ0) is 9.52. The number of Topliss-reactive ketones (excluding diaryl/α,β-unsaturated/α-hetero) is 1. The summed E-state index contributed by atoms with van der Waals surface area (Å²) in [6.45, 7) is 1.67. The number of hydrogen-bond donors (Lipinski definition) is 0. The van der Waals surface area contributed by atoms with E-state index in [-0.39, 0.29) is 0 Å². The summed E-state index contributed by atoms with van der Waals surface area (Å²) in [7, 11) is 0. The minimum atomic E-state index is 0.327. The third-order valence-corrected chi connectivity index (χ3v) is 2.43. The van der Waals surface area contributed by atoms with Crippen LogP contribution in [-0.2, 0) is 4.79 Å². The summed E-state index contributed by atoms with van der Waals surface area (Å²) in [5.74, 6) is 1.24. The Morgan fingerprint density at radius 2 is 2.08 bits per heavy atom. The normalized spacial score (nSPS) is 16.7. The average molecular weight is 180 g/mol. The van der Waals surface area contributed by atoms with E-state index < -0.39 is 0 Å². The molecule has 0 aliphatic heterocycles. The number of allylic oxidation sites excluding steroid dienone is 2. The molecule has 0 amide bonds. The monoisotopic (exact) mass is 180 g/mol. The van der Waals surface area contributed by atoms with Crippen LogP contribution in [-0.4, -0.2) is 5.78 Å². The Bertz CT molecular complexity index is 178. The van der Waals surface area contributed by atoms with E-state index in [0.29, 0.717) is 5.78 Å². The zero-order valence-electron chi connectivity index (χ0n) is 8.59. The minimum absolute atomic E-state index is 0.327. The molecule has 0 heterocycles. The molecule has 0 atom stereocenters. The van der Waals surface area contributed by atoms with Crippen molar-refractivity contribution in [1.82, 2.24) is 0 Å². The molecule has 1 fully saturated rings. The van der Waals surface area contributed by atoms with Crippen LogP contribution in [0.2, 0.25) is 0 Å². The Balaban J connectivity index is 1.80. The molecule has 1 rings (SSSR count). The van der Waals surface area contributed by atoms with Crippen LogP contribution in [0, 0.1) is 5.92 Å². The van der Waals surface area contributed by atoms with Crippen LogP contribution in [0.25, 0.3) is 0 Å². The van der Waals surface area contributed by atoms with Crippen LogP contribution >= 0.6 is 0 Å². The molecule has 13 heavy (non-hydrogen) atoms. The quantitative estimate of drug-likeness (QED) is 0.433. The van der Waals surface area contributed by atoms with Crippen molar-refractivity contribution < 1.29 is 4.79 Å². The van der Waals surface area contributed by atoms with Gasteiger partial charge in [0.25, 0.3) is 0 Å². The van der Waals surface area contributed by atoms with Crippen molar-refractivity contribution in [2.45, 2.75) is 51.9 Å². The predicted octanol–water partition coefficient (Wildman–Crippen LogP) is 3.49. The van der Waals surface area contributed by atoms with E-state index in [4.69, 9.17) is 0 Å². The fraction of sp³-hybridized carbons (Fsp3) is 0.750. The Hall–Kier alpha value is -0.590. The molecule has 1 aliphatic carbocycles. The third-order valence-electron chi connectivity index (χ3n) is 2.43. The second-order valence-electron chi connectivity index (χ2n) is 4.07. The van der Waals surface area contributed by atoms with E-state index in [0.717, 1.165) is 18.8 Å². The fourth-order valence-electron chi connectivity index (χ4n) is 1.39. The number of carbonyl (C=O) groups is 1. The lowest BCUT2D eigenvalue weighted by molar-refractivity contribution is -0.117. The van der Waals surface area contributed by atoms with Gasteiger partial charge in [-0.15, -0.1) is 0 Å². The molecule has 1 aliphatic rings. The predicted molar refractivity (Wildman–Crippen MR) is 55.6 cm³/mol. The van der Waals surface area contributed by atoms with Crippen LogP contribution in [0.1, 0.15) is 51.9 Å². The molecule has 0 aromatic rings. The molecular weight excluding hydrogens is 160 g/mol. The van der Waals surface area contributed by atoms with Gasteiger partial charge >= 0.3 is 0 Å². The first-order valence-corrected chi connectivity index (χ1v) is 5.45. The van der Waals surface area contributed by atoms with Crippen molar-refractivity contribution in [3.05, 3.63) is 12.2 Å². The Morgan fingerprint density at radius 1 is 1.31 bits per heavy atom. The van der Waals surface area contributed by atoms with Gasteiger partial charge in [0.1, 0.15) is 5.78 Å². The number of hydrogen-bond acceptors (Lipinski definition) is 1. The number of ketones is 1. The molecule has 74 valence electrons. The summed E-state index contributed by atoms with van der Waals surface area (Å²) in [4.78, 5) is 10.6. The highest BCUT2D eigenvalue weighted by Crippen LogP contribution is 2.30. The molecule has 0 bridgehead atoms. The summed E-state index contributed by atoms with van der Waals surface area (Å²) in [6, 6.07) is 0. The molecule has 1 nitrogen and oxygen atoms in total. The number of rotatable bonds is 7. The van der Waals surface area contributed by atoms with Crippen molar-refractivity contribution in [2.75, 3.05) is 0 Å². The van der Waals surface area contributed by atoms with E-state index in [2.05, 4.69) is 12.2 Å². The lowest BCUT2D eigenvalue weighted by Gasteiger charge is -1.95. The summed E-state index contributed by atoms with van der Waals surface area (Å²) in [5.41, 5.74) is 0. The Kier molecular flexibility index (Phi) is 4.81. The molecule has 1 heteroatoms. The lowest BCUT2D eigenvalue weighted by atomic mass is 10.1. The highest BCUT2D eigenvalue weighted by molar-refractivity contribution is 5.75. The van der Waals surface area contributed by atoms with Gasteiger partial charge in [0.05, 0.1) is 0 Å². The second-order valence-corrected chi connectivity index (χ2v) is 4.07. The van der Waals surface area contributed by atoms with E-state index >= 15 is 0 Å². The summed E-state index contributed by atoms with van der Waals surface area (Å²) < 4.78 is 0. The van der Waals surface area contributed by atoms with Crippen molar-refractivity contribution in [3.63, 3.8) is 0 Å². The molecule has 0 N–H and O–H groups in total. The van der Waals surface area contributed by atoms with E-state index in [1.165, 1.54) is 32.1 Å². The van der Waals surface area contributed by atoms with Crippen molar-refractivity contribution in [1.29, 1.82) is 0 Å². The maximum atomic E-state index is 10.6. The molecule has 0 aromatic heterocycles. The minimum Gasteiger partial charge on any atom is -0.300 e.